The number of halogens is 2. The molecule has 1 nitrogen and oxygen atoms in total. The molecule has 0 heterocycles. The lowest BCUT2D eigenvalue weighted by atomic mass is 10.2. The maximum absolute atomic E-state index is 6.07. The van der Waals surface area contributed by atoms with Gasteiger partial charge in [-0.25, -0.2) is 0 Å². The summed E-state index contributed by atoms with van der Waals surface area (Å²) in [6.07, 6.45) is 0. The van der Waals surface area contributed by atoms with Crippen molar-refractivity contribution in [1.29, 1.82) is 0 Å². The van der Waals surface area contributed by atoms with Crippen LogP contribution in [0.15, 0.2) is 46.9 Å². The second-order valence-electron chi connectivity index (χ2n) is 3.90. The van der Waals surface area contributed by atoms with Gasteiger partial charge in [-0.05, 0) is 42.3 Å². The second kappa shape index (κ2) is 5.56. The van der Waals surface area contributed by atoms with E-state index in [1.165, 1.54) is 5.56 Å². The van der Waals surface area contributed by atoms with E-state index in [2.05, 4.69) is 33.4 Å². The van der Waals surface area contributed by atoms with E-state index < -0.39 is 0 Å². The van der Waals surface area contributed by atoms with Crippen LogP contribution in [0.4, 0.5) is 5.69 Å². The average Bonchev–Trinajstić information content (AvgIpc) is 2.31. The van der Waals surface area contributed by atoms with E-state index in [1.807, 2.05) is 37.3 Å². The molecule has 0 atom stereocenters. The average molecular weight is 311 g/mol. The zero-order chi connectivity index (χ0) is 12.3. The highest BCUT2D eigenvalue weighted by molar-refractivity contribution is 9.10. The molecule has 0 aliphatic rings. The highest BCUT2D eigenvalue weighted by Crippen LogP contribution is 2.23. The molecule has 2 rings (SSSR count). The summed E-state index contributed by atoms with van der Waals surface area (Å²) in [5.74, 6) is 0. The third-order valence-electron chi connectivity index (χ3n) is 2.64. The molecule has 2 aromatic carbocycles. The smallest absolute Gasteiger partial charge is 0.0455 e. The summed E-state index contributed by atoms with van der Waals surface area (Å²) in [5, 5.41) is 4.19. The zero-order valence-corrected chi connectivity index (χ0v) is 11.8. The summed E-state index contributed by atoms with van der Waals surface area (Å²) < 4.78 is 1.10. The maximum Gasteiger partial charge on any atom is 0.0455 e. The van der Waals surface area contributed by atoms with Gasteiger partial charge < -0.3 is 5.32 Å². The van der Waals surface area contributed by atoms with E-state index in [1.54, 1.807) is 0 Å². The van der Waals surface area contributed by atoms with Crippen molar-refractivity contribution in [2.45, 2.75) is 13.5 Å². The van der Waals surface area contributed by atoms with Gasteiger partial charge in [-0.15, -0.1) is 0 Å². The minimum Gasteiger partial charge on any atom is -0.381 e. The summed E-state index contributed by atoms with van der Waals surface area (Å²) in [6, 6.07) is 14.2. The number of anilines is 1. The van der Waals surface area contributed by atoms with Crippen molar-refractivity contribution in [2.75, 3.05) is 5.32 Å². The topological polar surface area (TPSA) is 12.0 Å². The Kier molecular flexibility index (Phi) is 4.08. The van der Waals surface area contributed by atoms with Crippen LogP contribution in [-0.2, 0) is 6.54 Å². The van der Waals surface area contributed by atoms with Crippen LogP contribution in [0.5, 0.6) is 0 Å². The summed E-state index contributed by atoms with van der Waals surface area (Å²) in [7, 11) is 0. The van der Waals surface area contributed by atoms with Gasteiger partial charge in [-0.3, -0.25) is 0 Å². The number of nitrogens with one attached hydrogen (secondary N) is 1. The molecule has 0 saturated heterocycles. The number of hydrogen-bond acceptors (Lipinski definition) is 1. The molecule has 88 valence electrons. The van der Waals surface area contributed by atoms with Crippen molar-refractivity contribution in [3.05, 3.63) is 63.1 Å². The Morgan fingerprint density at radius 1 is 1.18 bits per heavy atom. The Balaban J connectivity index is 2.10. The molecule has 0 aliphatic carbocycles. The van der Waals surface area contributed by atoms with Crippen LogP contribution in [0.2, 0.25) is 5.02 Å². The van der Waals surface area contributed by atoms with E-state index >= 15 is 0 Å². The molecular formula is C14H13BrClN. The molecule has 0 radical (unpaired) electrons. The van der Waals surface area contributed by atoms with Gasteiger partial charge in [-0.1, -0.05) is 45.7 Å². The van der Waals surface area contributed by atoms with Gasteiger partial charge in [0.1, 0.15) is 0 Å². The lowest BCUT2D eigenvalue weighted by Gasteiger charge is -2.10. The van der Waals surface area contributed by atoms with Crippen LogP contribution in [0, 0.1) is 6.92 Å². The fraction of sp³-hybridized carbons (Fsp3) is 0.143. The first kappa shape index (κ1) is 12.5. The lowest BCUT2D eigenvalue weighted by molar-refractivity contribution is 1.14. The molecule has 0 amide bonds. The molecule has 0 aromatic heterocycles. The van der Waals surface area contributed by atoms with Crippen molar-refractivity contribution in [3.8, 4) is 0 Å². The third-order valence-corrected chi connectivity index (χ3v) is 3.54. The third kappa shape index (κ3) is 3.24. The standard InChI is InChI=1S/C14H13BrClN/c1-10-13(16)6-3-7-14(10)17-9-11-4-2-5-12(15)8-11/h2-8,17H,9H2,1H3. The van der Waals surface area contributed by atoms with Crippen molar-refractivity contribution in [1.82, 2.24) is 0 Å². The molecule has 17 heavy (non-hydrogen) atoms. The SMILES string of the molecule is Cc1c(Cl)cccc1NCc1cccc(Br)c1. The second-order valence-corrected chi connectivity index (χ2v) is 5.22. The maximum atomic E-state index is 6.07. The van der Waals surface area contributed by atoms with Gasteiger partial charge in [0.2, 0.25) is 0 Å². The zero-order valence-electron chi connectivity index (χ0n) is 9.50. The van der Waals surface area contributed by atoms with Crippen LogP contribution in [0.3, 0.4) is 0 Å². The van der Waals surface area contributed by atoms with E-state index in [4.69, 9.17) is 11.6 Å². The van der Waals surface area contributed by atoms with Crippen molar-refractivity contribution >= 4 is 33.2 Å². The van der Waals surface area contributed by atoms with Gasteiger partial charge in [-0.2, -0.15) is 0 Å². The molecule has 1 N–H and O–H groups in total. The fourth-order valence-corrected chi connectivity index (χ4v) is 2.26. The fourth-order valence-electron chi connectivity index (χ4n) is 1.64. The quantitative estimate of drug-likeness (QED) is 0.839. The highest BCUT2D eigenvalue weighted by Gasteiger charge is 2.01. The normalized spacial score (nSPS) is 10.3. The Morgan fingerprint density at radius 2 is 1.94 bits per heavy atom. The summed E-state index contributed by atoms with van der Waals surface area (Å²) in [6.45, 7) is 2.81. The van der Waals surface area contributed by atoms with E-state index in [0.717, 1.165) is 27.3 Å². The molecule has 3 heteroatoms. The van der Waals surface area contributed by atoms with Crippen molar-refractivity contribution < 1.29 is 0 Å². The molecule has 2 aromatic rings. The monoisotopic (exact) mass is 309 g/mol. The van der Waals surface area contributed by atoms with E-state index in [9.17, 15) is 0 Å². The van der Waals surface area contributed by atoms with Crippen LogP contribution in [0.25, 0.3) is 0 Å². The summed E-state index contributed by atoms with van der Waals surface area (Å²) in [4.78, 5) is 0. The molecule has 0 fully saturated rings. The Bertz CT molecular complexity index is 525. The number of hydrogen-bond donors (Lipinski definition) is 1. The first-order valence-electron chi connectivity index (χ1n) is 5.40. The predicted molar refractivity (Wildman–Crippen MR) is 77.7 cm³/mol. The van der Waals surface area contributed by atoms with Crippen LogP contribution in [-0.4, -0.2) is 0 Å². The molecular weight excluding hydrogens is 298 g/mol. The molecule has 0 aliphatic heterocycles. The van der Waals surface area contributed by atoms with E-state index in [0.29, 0.717) is 0 Å². The van der Waals surface area contributed by atoms with Crippen LogP contribution < -0.4 is 5.32 Å². The lowest BCUT2D eigenvalue weighted by Crippen LogP contribution is -2.01. The minimum absolute atomic E-state index is 0.792. The first-order valence-corrected chi connectivity index (χ1v) is 6.57. The molecule has 0 saturated carbocycles. The first-order chi connectivity index (χ1) is 8.16. The van der Waals surface area contributed by atoms with Crippen LogP contribution >= 0.6 is 27.5 Å². The van der Waals surface area contributed by atoms with Crippen molar-refractivity contribution in [3.63, 3.8) is 0 Å². The van der Waals surface area contributed by atoms with Gasteiger partial charge in [0, 0.05) is 21.7 Å². The number of rotatable bonds is 3. The largest absolute Gasteiger partial charge is 0.381 e. The van der Waals surface area contributed by atoms with Gasteiger partial charge >= 0.3 is 0 Å². The van der Waals surface area contributed by atoms with Gasteiger partial charge in [0.25, 0.3) is 0 Å². The molecule has 0 bridgehead atoms. The number of benzene rings is 2. The Morgan fingerprint density at radius 3 is 2.71 bits per heavy atom. The van der Waals surface area contributed by atoms with Gasteiger partial charge in [0.15, 0.2) is 0 Å². The predicted octanol–water partition coefficient (Wildman–Crippen LogP) is 5.02. The summed E-state index contributed by atoms with van der Waals surface area (Å²) in [5.41, 5.74) is 3.40. The Hall–Kier alpha value is -0.990. The molecule has 0 unspecified atom stereocenters. The van der Waals surface area contributed by atoms with E-state index in [-0.39, 0.29) is 0 Å². The van der Waals surface area contributed by atoms with Crippen LogP contribution in [0.1, 0.15) is 11.1 Å². The minimum atomic E-state index is 0.792. The highest BCUT2D eigenvalue weighted by atomic mass is 79.9. The summed E-state index contributed by atoms with van der Waals surface area (Å²) >= 11 is 9.54. The van der Waals surface area contributed by atoms with Gasteiger partial charge in [0.05, 0.1) is 0 Å². The molecule has 0 spiro atoms. The Labute approximate surface area is 115 Å². The van der Waals surface area contributed by atoms with Crippen molar-refractivity contribution in [2.24, 2.45) is 0 Å².